The number of nitrogens with one attached hydrogen (secondary N) is 1. The van der Waals surface area contributed by atoms with Gasteiger partial charge in [-0.3, -0.25) is 0 Å². The second-order valence-electron chi connectivity index (χ2n) is 4.85. The van der Waals surface area contributed by atoms with E-state index in [1.807, 2.05) is 25.1 Å². The van der Waals surface area contributed by atoms with Crippen molar-refractivity contribution in [3.05, 3.63) is 52.5 Å². The molecule has 3 nitrogen and oxygen atoms in total. The second kappa shape index (κ2) is 5.26. The summed E-state index contributed by atoms with van der Waals surface area (Å²) in [7, 11) is 0. The molecule has 0 atom stereocenters. The Morgan fingerprint density at radius 1 is 1.16 bits per heavy atom. The highest BCUT2D eigenvalue weighted by Gasteiger charge is 2.05. The quantitative estimate of drug-likeness (QED) is 0.888. The van der Waals surface area contributed by atoms with Crippen molar-refractivity contribution >= 4 is 11.5 Å². The lowest BCUT2D eigenvalue weighted by molar-refractivity contribution is 0.608. The zero-order valence-electron chi connectivity index (χ0n) is 11.4. The summed E-state index contributed by atoms with van der Waals surface area (Å²) >= 11 is 0. The first-order chi connectivity index (χ1) is 8.97. The zero-order chi connectivity index (χ0) is 14.0. The van der Waals surface area contributed by atoms with Crippen LogP contribution in [0.1, 0.15) is 22.3 Å². The highest BCUT2D eigenvalue weighted by molar-refractivity contribution is 5.61. The number of hydrogen-bond acceptors (Lipinski definition) is 3. The summed E-state index contributed by atoms with van der Waals surface area (Å²) < 4.78 is 13.5. The fourth-order valence-electron chi connectivity index (χ4n) is 2.06. The molecule has 0 saturated carbocycles. The smallest absolute Gasteiger partial charge is 0.149 e. The average molecular weight is 259 g/mol. The molecule has 1 aromatic heterocycles. The number of rotatable bonds is 3. The van der Waals surface area contributed by atoms with Crippen LogP contribution in [0.3, 0.4) is 0 Å². The summed E-state index contributed by atoms with van der Waals surface area (Å²) in [5.74, 6) is 0.516. The summed E-state index contributed by atoms with van der Waals surface area (Å²) in [5.41, 5.74) is 9.85. The molecule has 0 bridgehead atoms. The molecule has 0 aliphatic heterocycles. The van der Waals surface area contributed by atoms with Crippen LogP contribution in [0.2, 0.25) is 0 Å². The van der Waals surface area contributed by atoms with Gasteiger partial charge in [0.15, 0.2) is 0 Å². The Hall–Kier alpha value is -2.10. The molecule has 0 aliphatic rings. The Bertz CT molecular complexity index is 585. The molecule has 0 unspecified atom stereocenters. The Labute approximate surface area is 112 Å². The van der Waals surface area contributed by atoms with Crippen molar-refractivity contribution in [3.63, 3.8) is 0 Å². The molecule has 2 aromatic rings. The summed E-state index contributed by atoms with van der Waals surface area (Å²) in [6.07, 6.45) is 1.76. The largest absolute Gasteiger partial charge is 0.396 e. The van der Waals surface area contributed by atoms with E-state index in [0.717, 1.165) is 11.1 Å². The van der Waals surface area contributed by atoms with E-state index in [-0.39, 0.29) is 5.82 Å². The standard InChI is InChI=1S/C15H18FN3/c1-9-4-13(17)15(18-7-9)19-8-12-5-10(2)14(16)11(3)6-12/h4-7H,8,17H2,1-3H3,(H,18,19). The van der Waals surface area contributed by atoms with Gasteiger partial charge in [-0.25, -0.2) is 9.37 Å². The van der Waals surface area contributed by atoms with Gasteiger partial charge in [0.25, 0.3) is 0 Å². The molecule has 1 aromatic carbocycles. The van der Waals surface area contributed by atoms with Crippen molar-refractivity contribution < 1.29 is 4.39 Å². The molecule has 100 valence electrons. The van der Waals surface area contributed by atoms with Gasteiger partial charge >= 0.3 is 0 Å². The van der Waals surface area contributed by atoms with E-state index < -0.39 is 0 Å². The zero-order valence-corrected chi connectivity index (χ0v) is 11.4. The van der Waals surface area contributed by atoms with Gasteiger partial charge in [0, 0.05) is 12.7 Å². The Morgan fingerprint density at radius 2 is 1.79 bits per heavy atom. The summed E-state index contributed by atoms with van der Waals surface area (Å²) in [5, 5.41) is 3.17. The van der Waals surface area contributed by atoms with Crippen LogP contribution in [0.4, 0.5) is 15.9 Å². The first-order valence-electron chi connectivity index (χ1n) is 6.19. The normalized spacial score (nSPS) is 10.5. The maximum Gasteiger partial charge on any atom is 0.149 e. The van der Waals surface area contributed by atoms with E-state index >= 15 is 0 Å². The van der Waals surface area contributed by atoms with Crippen LogP contribution in [0.5, 0.6) is 0 Å². The maximum atomic E-state index is 13.5. The molecule has 19 heavy (non-hydrogen) atoms. The van der Waals surface area contributed by atoms with E-state index in [9.17, 15) is 4.39 Å². The molecule has 0 spiro atoms. The summed E-state index contributed by atoms with van der Waals surface area (Å²) in [6, 6.07) is 5.54. The lowest BCUT2D eigenvalue weighted by Crippen LogP contribution is -2.05. The molecule has 0 amide bonds. The van der Waals surface area contributed by atoms with Crippen molar-refractivity contribution in [1.29, 1.82) is 0 Å². The number of aromatic nitrogens is 1. The highest BCUT2D eigenvalue weighted by Crippen LogP contribution is 2.19. The molecule has 2 rings (SSSR count). The number of nitrogens with zero attached hydrogens (tertiary/aromatic N) is 1. The van der Waals surface area contributed by atoms with Gasteiger partial charge in [0.1, 0.15) is 11.6 Å². The number of pyridine rings is 1. The second-order valence-corrected chi connectivity index (χ2v) is 4.85. The van der Waals surface area contributed by atoms with Gasteiger partial charge in [-0.1, -0.05) is 12.1 Å². The monoisotopic (exact) mass is 259 g/mol. The SMILES string of the molecule is Cc1cnc(NCc2cc(C)c(F)c(C)c2)c(N)c1. The third kappa shape index (κ3) is 3.02. The number of nitrogen functional groups attached to an aromatic ring is 1. The van der Waals surface area contributed by atoms with Gasteiger partial charge < -0.3 is 11.1 Å². The number of benzene rings is 1. The summed E-state index contributed by atoms with van der Waals surface area (Å²) in [6.45, 7) is 6.05. The van der Waals surface area contributed by atoms with Crippen LogP contribution in [-0.2, 0) is 6.54 Å². The molecular weight excluding hydrogens is 241 g/mol. The van der Waals surface area contributed by atoms with Gasteiger partial charge in [-0.15, -0.1) is 0 Å². The molecule has 4 heteroatoms. The number of halogens is 1. The van der Waals surface area contributed by atoms with Crippen LogP contribution < -0.4 is 11.1 Å². The van der Waals surface area contributed by atoms with Gasteiger partial charge in [0.05, 0.1) is 5.69 Å². The maximum absolute atomic E-state index is 13.5. The third-order valence-electron chi connectivity index (χ3n) is 3.01. The van der Waals surface area contributed by atoms with Crippen LogP contribution >= 0.6 is 0 Å². The van der Waals surface area contributed by atoms with Crippen LogP contribution in [0, 0.1) is 26.6 Å². The molecule has 1 heterocycles. The highest BCUT2D eigenvalue weighted by atomic mass is 19.1. The number of hydrogen-bond donors (Lipinski definition) is 2. The molecule has 0 fully saturated rings. The van der Waals surface area contributed by atoms with Crippen LogP contribution in [0.25, 0.3) is 0 Å². The summed E-state index contributed by atoms with van der Waals surface area (Å²) in [4.78, 5) is 4.25. The van der Waals surface area contributed by atoms with Crippen molar-refractivity contribution in [2.45, 2.75) is 27.3 Å². The van der Waals surface area contributed by atoms with Crippen LogP contribution in [-0.4, -0.2) is 4.98 Å². The molecule has 0 saturated heterocycles. The minimum atomic E-state index is -0.142. The predicted octanol–water partition coefficient (Wildman–Crippen LogP) is 3.34. The topological polar surface area (TPSA) is 50.9 Å². The Morgan fingerprint density at radius 3 is 2.37 bits per heavy atom. The first kappa shape index (κ1) is 13.3. The number of anilines is 2. The average Bonchev–Trinajstić information content (AvgIpc) is 2.34. The molecule has 0 aliphatic carbocycles. The predicted molar refractivity (Wildman–Crippen MR) is 76.6 cm³/mol. The van der Waals surface area contributed by atoms with Gasteiger partial charge in [-0.05, 0) is 49.1 Å². The van der Waals surface area contributed by atoms with E-state index in [2.05, 4.69) is 10.3 Å². The number of aryl methyl sites for hydroxylation is 3. The third-order valence-corrected chi connectivity index (χ3v) is 3.01. The minimum absolute atomic E-state index is 0.142. The molecule has 0 radical (unpaired) electrons. The molecular formula is C15H18FN3. The minimum Gasteiger partial charge on any atom is -0.396 e. The van der Waals surface area contributed by atoms with E-state index in [1.165, 1.54) is 0 Å². The van der Waals surface area contributed by atoms with Gasteiger partial charge in [-0.2, -0.15) is 0 Å². The first-order valence-corrected chi connectivity index (χ1v) is 6.19. The number of nitrogens with two attached hydrogens (primary N) is 1. The Balaban J connectivity index is 2.14. The Kier molecular flexibility index (Phi) is 3.69. The van der Waals surface area contributed by atoms with E-state index in [0.29, 0.717) is 29.2 Å². The van der Waals surface area contributed by atoms with Crippen molar-refractivity contribution in [3.8, 4) is 0 Å². The lowest BCUT2D eigenvalue weighted by atomic mass is 10.1. The fraction of sp³-hybridized carbons (Fsp3) is 0.267. The lowest BCUT2D eigenvalue weighted by Gasteiger charge is -2.10. The van der Waals surface area contributed by atoms with Crippen LogP contribution in [0.15, 0.2) is 24.4 Å². The molecule has 3 N–H and O–H groups in total. The van der Waals surface area contributed by atoms with E-state index in [1.54, 1.807) is 20.0 Å². The fourth-order valence-corrected chi connectivity index (χ4v) is 2.06. The van der Waals surface area contributed by atoms with Crippen molar-refractivity contribution in [1.82, 2.24) is 4.98 Å². The van der Waals surface area contributed by atoms with Crippen molar-refractivity contribution in [2.24, 2.45) is 0 Å². The van der Waals surface area contributed by atoms with Crippen molar-refractivity contribution in [2.75, 3.05) is 11.1 Å². The van der Waals surface area contributed by atoms with E-state index in [4.69, 9.17) is 5.73 Å². The van der Waals surface area contributed by atoms with Gasteiger partial charge in [0.2, 0.25) is 0 Å².